The van der Waals surface area contributed by atoms with Crippen LogP contribution >= 0.6 is 0 Å². The average Bonchev–Trinajstić information content (AvgIpc) is 3.83. The number of anilines is 2. The van der Waals surface area contributed by atoms with E-state index in [9.17, 15) is 14.4 Å². The minimum absolute atomic E-state index is 0.0427. The number of nitrogens with two attached hydrogens (primary N) is 1. The highest BCUT2D eigenvalue weighted by Crippen LogP contribution is 2.51. The molecule has 0 spiro atoms. The van der Waals surface area contributed by atoms with Crippen LogP contribution in [0, 0.1) is 29.5 Å². The van der Waals surface area contributed by atoms with E-state index in [2.05, 4.69) is 16.0 Å². The van der Waals surface area contributed by atoms with Crippen LogP contribution in [-0.4, -0.2) is 30.5 Å². The molecule has 37 heavy (non-hydrogen) atoms. The van der Waals surface area contributed by atoms with Gasteiger partial charge in [0, 0.05) is 12.5 Å². The van der Waals surface area contributed by atoms with Crippen LogP contribution in [0.2, 0.25) is 0 Å². The number of alkyl carbamates (subject to hydrolysis) is 1. The Labute approximate surface area is 215 Å². The lowest BCUT2D eigenvalue weighted by atomic mass is 9.88. The maximum absolute atomic E-state index is 15.5. The van der Waals surface area contributed by atoms with Crippen LogP contribution in [-0.2, 0) is 27.4 Å². The van der Waals surface area contributed by atoms with Gasteiger partial charge in [-0.1, -0.05) is 36.4 Å². The molecule has 2 aliphatic carbocycles. The van der Waals surface area contributed by atoms with E-state index in [0.717, 1.165) is 31.2 Å². The molecule has 2 atom stereocenters. The molecule has 5 N–H and O–H groups in total. The summed E-state index contributed by atoms with van der Waals surface area (Å²) in [6, 6.07) is 11.5. The summed E-state index contributed by atoms with van der Waals surface area (Å²) in [5, 5.41) is 8.21. The van der Waals surface area contributed by atoms with Crippen molar-refractivity contribution >= 4 is 29.3 Å². The summed E-state index contributed by atoms with van der Waals surface area (Å²) < 4.78 is 20.9. The standard InChI is InChI=1S/C28H33FN4O4/c29-23-19(14-20-12-13-31-26(20)34)10-11-21(30)24(23)32-27(35)25(22(17-6-7-17)18-8-9-18)33-28(36)37-15-16-4-2-1-3-5-16/h1-5,10-11,17-18,20,22,25H,6-9,12-15,30H2,(H,31,34)(H,32,35)(H,33,36)/t20?,25-/m0/s1. The number of rotatable bonds is 10. The van der Waals surface area contributed by atoms with Crippen molar-refractivity contribution in [3.8, 4) is 0 Å². The van der Waals surface area contributed by atoms with Crippen LogP contribution in [0.25, 0.3) is 0 Å². The monoisotopic (exact) mass is 508 g/mol. The molecule has 2 aromatic rings. The molecule has 0 aromatic heterocycles. The highest BCUT2D eigenvalue weighted by Gasteiger charge is 2.48. The van der Waals surface area contributed by atoms with E-state index in [-0.39, 0.29) is 42.1 Å². The third-order valence-electron chi connectivity index (χ3n) is 7.62. The fraction of sp³-hybridized carbons (Fsp3) is 0.464. The molecule has 3 amide bonds. The third kappa shape index (κ3) is 6.03. The summed E-state index contributed by atoms with van der Waals surface area (Å²) in [5.41, 5.74) is 7.19. The van der Waals surface area contributed by atoms with Gasteiger partial charge in [0.15, 0.2) is 5.82 Å². The number of halogens is 1. The Balaban J connectivity index is 1.32. The Bertz CT molecular complexity index is 1150. The normalized spacial score (nSPS) is 19.8. The van der Waals surface area contributed by atoms with Crippen molar-refractivity contribution < 1.29 is 23.5 Å². The van der Waals surface area contributed by atoms with E-state index in [1.54, 1.807) is 6.07 Å². The highest BCUT2D eigenvalue weighted by molar-refractivity contribution is 5.99. The first-order valence-corrected chi connectivity index (χ1v) is 13.0. The van der Waals surface area contributed by atoms with E-state index in [4.69, 9.17) is 10.5 Å². The van der Waals surface area contributed by atoms with Crippen molar-refractivity contribution in [2.75, 3.05) is 17.6 Å². The highest BCUT2D eigenvalue weighted by atomic mass is 19.1. The van der Waals surface area contributed by atoms with Crippen molar-refractivity contribution in [2.45, 2.75) is 51.2 Å². The summed E-state index contributed by atoms with van der Waals surface area (Å²) in [5.74, 6) is -0.936. The first-order valence-electron chi connectivity index (χ1n) is 13.0. The van der Waals surface area contributed by atoms with Gasteiger partial charge in [0.25, 0.3) is 0 Å². The Morgan fingerprint density at radius 3 is 2.38 bits per heavy atom. The Hall–Kier alpha value is -3.62. The molecule has 9 heteroatoms. The third-order valence-corrected chi connectivity index (χ3v) is 7.62. The van der Waals surface area contributed by atoms with Gasteiger partial charge in [-0.3, -0.25) is 9.59 Å². The Morgan fingerprint density at radius 1 is 1.05 bits per heavy atom. The van der Waals surface area contributed by atoms with E-state index in [1.807, 2.05) is 30.3 Å². The lowest BCUT2D eigenvalue weighted by Gasteiger charge is -2.27. The lowest BCUT2D eigenvalue weighted by molar-refractivity contribution is -0.122. The quantitative estimate of drug-likeness (QED) is 0.364. The van der Waals surface area contributed by atoms with Gasteiger partial charge in [-0.2, -0.15) is 0 Å². The number of nitrogens with one attached hydrogen (secondary N) is 3. The molecule has 3 fully saturated rings. The molecule has 2 saturated carbocycles. The van der Waals surface area contributed by atoms with Gasteiger partial charge in [-0.15, -0.1) is 0 Å². The minimum atomic E-state index is -0.869. The molecule has 0 bridgehead atoms. The molecule has 196 valence electrons. The summed E-state index contributed by atoms with van der Waals surface area (Å²) >= 11 is 0. The maximum Gasteiger partial charge on any atom is 0.408 e. The van der Waals surface area contributed by atoms with Gasteiger partial charge in [0.2, 0.25) is 11.8 Å². The van der Waals surface area contributed by atoms with Crippen LogP contribution in [0.1, 0.15) is 43.2 Å². The van der Waals surface area contributed by atoms with Crippen molar-refractivity contribution in [1.29, 1.82) is 0 Å². The fourth-order valence-corrected chi connectivity index (χ4v) is 5.34. The first-order chi connectivity index (χ1) is 17.9. The number of carbonyl (C=O) groups excluding carboxylic acids is 3. The van der Waals surface area contributed by atoms with Crippen molar-refractivity contribution in [3.05, 3.63) is 59.4 Å². The molecule has 8 nitrogen and oxygen atoms in total. The second-order valence-corrected chi connectivity index (χ2v) is 10.4. The topological polar surface area (TPSA) is 123 Å². The van der Waals surface area contributed by atoms with Crippen LogP contribution in [0.15, 0.2) is 42.5 Å². The number of carbonyl (C=O) groups is 3. The summed E-state index contributed by atoms with van der Waals surface area (Å²) in [7, 11) is 0. The van der Waals surface area contributed by atoms with Gasteiger partial charge in [-0.25, -0.2) is 9.18 Å². The van der Waals surface area contributed by atoms with E-state index in [0.29, 0.717) is 30.4 Å². The number of nitrogen functional groups attached to an aromatic ring is 1. The number of amides is 3. The zero-order chi connectivity index (χ0) is 25.9. The SMILES string of the molecule is Nc1ccc(CC2CCNC2=O)c(F)c1NC(=O)[C@@H](NC(=O)OCc1ccccc1)C(C1CC1)C1CC1. The molecule has 2 aromatic carbocycles. The predicted octanol–water partition coefficient (Wildman–Crippen LogP) is 3.76. The number of hydrogen-bond donors (Lipinski definition) is 4. The Morgan fingerprint density at radius 2 is 1.76 bits per heavy atom. The second kappa shape index (κ2) is 10.8. The molecule has 1 saturated heterocycles. The van der Waals surface area contributed by atoms with Crippen molar-refractivity contribution in [2.24, 2.45) is 23.7 Å². The molecule has 1 heterocycles. The van der Waals surface area contributed by atoms with Crippen LogP contribution in [0.3, 0.4) is 0 Å². The average molecular weight is 509 g/mol. The maximum atomic E-state index is 15.5. The van der Waals surface area contributed by atoms with Crippen molar-refractivity contribution in [3.63, 3.8) is 0 Å². The second-order valence-electron chi connectivity index (χ2n) is 10.4. The van der Waals surface area contributed by atoms with Crippen molar-refractivity contribution in [1.82, 2.24) is 10.6 Å². The fourth-order valence-electron chi connectivity index (χ4n) is 5.34. The van der Waals surface area contributed by atoms with Gasteiger partial charge < -0.3 is 26.4 Å². The van der Waals surface area contributed by atoms with E-state index in [1.165, 1.54) is 6.07 Å². The zero-order valence-corrected chi connectivity index (χ0v) is 20.7. The molecular formula is C28H33FN4O4. The van der Waals surface area contributed by atoms with Crippen LogP contribution < -0.4 is 21.7 Å². The summed E-state index contributed by atoms with van der Waals surface area (Å²) in [4.78, 5) is 38.3. The lowest BCUT2D eigenvalue weighted by Crippen LogP contribution is -2.50. The number of hydrogen-bond acceptors (Lipinski definition) is 5. The molecule has 1 unspecified atom stereocenters. The number of benzene rings is 2. The summed E-state index contributed by atoms with van der Waals surface area (Å²) in [6.45, 7) is 0.651. The summed E-state index contributed by atoms with van der Waals surface area (Å²) in [6.07, 6.45) is 4.17. The molecular weight excluding hydrogens is 475 g/mol. The van der Waals surface area contributed by atoms with Crippen LogP contribution in [0.5, 0.6) is 0 Å². The van der Waals surface area contributed by atoms with E-state index < -0.39 is 23.9 Å². The predicted molar refractivity (Wildman–Crippen MR) is 137 cm³/mol. The van der Waals surface area contributed by atoms with Gasteiger partial charge in [-0.05, 0) is 73.5 Å². The largest absolute Gasteiger partial charge is 0.445 e. The molecule has 5 rings (SSSR count). The minimum Gasteiger partial charge on any atom is -0.445 e. The molecule has 0 radical (unpaired) electrons. The van der Waals surface area contributed by atoms with Crippen LogP contribution in [0.4, 0.5) is 20.6 Å². The molecule has 1 aliphatic heterocycles. The zero-order valence-electron chi connectivity index (χ0n) is 20.7. The van der Waals surface area contributed by atoms with E-state index >= 15 is 4.39 Å². The first kappa shape index (κ1) is 25.0. The van der Waals surface area contributed by atoms with Gasteiger partial charge in [0.1, 0.15) is 18.3 Å². The Kier molecular flexibility index (Phi) is 7.30. The molecule has 3 aliphatic rings. The van der Waals surface area contributed by atoms with Gasteiger partial charge in [0.05, 0.1) is 5.69 Å². The van der Waals surface area contributed by atoms with Gasteiger partial charge >= 0.3 is 6.09 Å². The smallest absolute Gasteiger partial charge is 0.408 e. The number of ether oxygens (including phenoxy) is 1.